The number of hydrogen-bond donors (Lipinski definition) is 0. The van der Waals surface area contributed by atoms with Crippen molar-refractivity contribution in [1.29, 1.82) is 0 Å². The lowest BCUT2D eigenvalue weighted by Crippen LogP contribution is -2.18. The van der Waals surface area contributed by atoms with E-state index in [0.717, 1.165) is 0 Å². The van der Waals surface area contributed by atoms with Crippen molar-refractivity contribution in [2.24, 2.45) is 5.92 Å². The Morgan fingerprint density at radius 3 is 2.41 bits per heavy atom. The second-order valence-corrected chi connectivity index (χ2v) is 5.38. The van der Waals surface area contributed by atoms with E-state index in [1.54, 1.807) is 6.92 Å². The Morgan fingerprint density at radius 1 is 1.36 bits per heavy atom. The molecule has 5 heteroatoms. The summed E-state index contributed by atoms with van der Waals surface area (Å²) in [5.74, 6) is 5.47. The molecule has 0 aliphatic rings. The van der Waals surface area contributed by atoms with Crippen LogP contribution in [-0.4, -0.2) is 17.0 Å². The summed E-state index contributed by atoms with van der Waals surface area (Å²) in [5, 5.41) is 10.6. The summed E-state index contributed by atoms with van der Waals surface area (Å²) in [7, 11) is 0. The molecule has 0 fully saturated rings. The average Bonchev–Trinajstić information content (AvgIpc) is 2.44. The van der Waals surface area contributed by atoms with Crippen molar-refractivity contribution in [3.63, 3.8) is 0 Å². The molecule has 5 nitrogen and oxygen atoms in total. The number of carbonyl (C=O) groups excluding carboxylic acids is 1. The van der Waals surface area contributed by atoms with Crippen molar-refractivity contribution in [2.45, 2.75) is 33.3 Å². The molecule has 0 heterocycles. The van der Waals surface area contributed by atoms with Crippen molar-refractivity contribution in [2.75, 3.05) is 0 Å². The minimum atomic E-state index is -0.545. The quantitative estimate of drug-likeness (QED) is 0.359. The molecule has 22 heavy (non-hydrogen) atoms. The number of benzene rings is 1. The molecule has 0 amide bonds. The van der Waals surface area contributed by atoms with Crippen LogP contribution in [0.15, 0.2) is 36.4 Å². The molecule has 116 valence electrons. The van der Waals surface area contributed by atoms with Crippen molar-refractivity contribution in [1.82, 2.24) is 0 Å². The van der Waals surface area contributed by atoms with E-state index < -0.39 is 17.0 Å². The third-order valence-electron chi connectivity index (χ3n) is 2.70. The summed E-state index contributed by atoms with van der Waals surface area (Å²) >= 11 is 0. The summed E-state index contributed by atoms with van der Waals surface area (Å²) in [4.78, 5) is 22.2. The topological polar surface area (TPSA) is 69.4 Å². The molecule has 0 saturated carbocycles. The Kier molecular flexibility index (Phi) is 6.33. The lowest BCUT2D eigenvalue weighted by Gasteiger charge is -2.14. The second-order valence-electron chi connectivity index (χ2n) is 5.38. The van der Waals surface area contributed by atoms with E-state index in [1.807, 2.05) is 13.8 Å². The SMILES string of the molecule is C=C(C)C#CC(CC(C)C)OC(=O)c1ccc([N+](=O)[O-])cc1. The van der Waals surface area contributed by atoms with E-state index in [0.29, 0.717) is 17.9 Å². The highest BCUT2D eigenvalue weighted by Gasteiger charge is 2.16. The molecule has 0 aromatic heterocycles. The number of non-ortho nitro benzene ring substituents is 1. The maximum absolute atomic E-state index is 12.1. The van der Waals surface area contributed by atoms with Crippen LogP contribution in [0.25, 0.3) is 0 Å². The first kappa shape index (κ1) is 17.4. The van der Waals surface area contributed by atoms with Crippen molar-refractivity contribution < 1.29 is 14.5 Å². The summed E-state index contributed by atoms with van der Waals surface area (Å²) in [6.45, 7) is 9.49. The van der Waals surface area contributed by atoms with Crippen LogP contribution in [0.3, 0.4) is 0 Å². The fourth-order valence-electron chi connectivity index (χ4n) is 1.68. The Morgan fingerprint density at radius 2 is 1.95 bits per heavy atom. The first-order chi connectivity index (χ1) is 10.3. The zero-order valence-electron chi connectivity index (χ0n) is 13.0. The van der Waals surface area contributed by atoms with Crippen LogP contribution in [0.5, 0.6) is 0 Å². The number of nitro groups is 1. The van der Waals surface area contributed by atoms with Crippen LogP contribution < -0.4 is 0 Å². The molecule has 1 aromatic rings. The van der Waals surface area contributed by atoms with Crippen LogP contribution in [0.1, 0.15) is 37.6 Å². The monoisotopic (exact) mass is 301 g/mol. The Balaban J connectivity index is 2.84. The maximum atomic E-state index is 12.1. The fourth-order valence-corrected chi connectivity index (χ4v) is 1.68. The van der Waals surface area contributed by atoms with Gasteiger partial charge in [-0.2, -0.15) is 0 Å². The number of nitro benzene ring substituents is 1. The first-order valence-corrected chi connectivity index (χ1v) is 6.92. The molecular formula is C17H19NO4. The number of esters is 1. The summed E-state index contributed by atoms with van der Waals surface area (Å²) in [6.07, 6.45) is 0.0818. The van der Waals surface area contributed by atoms with E-state index in [9.17, 15) is 14.9 Å². The third-order valence-corrected chi connectivity index (χ3v) is 2.70. The molecule has 0 aliphatic heterocycles. The predicted molar refractivity (Wildman–Crippen MR) is 84.3 cm³/mol. The number of rotatable bonds is 5. The van der Waals surface area contributed by atoms with E-state index in [-0.39, 0.29) is 11.3 Å². The number of ether oxygens (including phenoxy) is 1. The second kappa shape index (κ2) is 7.99. The number of carbonyl (C=O) groups is 1. The summed E-state index contributed by atoms with van der Waals surface area (Å²) in [6, 6.07) is 5.29. The highest BCUT2D eigenvalue weighted by atomic mass is 16.6. The Labute approximate surface area is 130 Å². The van der Waals surface area contributed by atoms with Gasteiger partial charge >= 0.3 is 5.97 Å². The molecule has 0 spiro atoms. The zero-order valence-corrected chi connectivity index (χ0v) is 13.0. The van der Waals surface area contributed by atoms with Crippen molar-refractivity contribution in [3.8, 4) is 11.8 Å². The highest BCUT2D eigenvalue weighted by molar-refractivity contribution is 5.89. The largest absolute Gasteiger partial charge is 0.446 e. The molecule has 1 aromatic carbocycles. The summed E-state index contributed by atoms with van der Waals surface area (Å²) < 4.78 is 5.37. The van der Waals surface area contributed by atoms with Gasteiger partial charge in [0.25, 0.3) is 5.69 Å². The molecule has 0 radical (unpaired) electrons. The normalized spacial score (nSPS) is 11.3. The minimum Gasteiger partial charge on any atom is -0.446 e. The van der Waals surface area contributed by atoms with Gasteiger partial charge in [-0.1, -0.05) is 32.3 Å². The van der Waals surface area contributed by atoms with Gasteiger partial charge in [-0.3, -0.25) is 10.1 Å². The average molecular weight is 301 g/mol. The van der Waals surface area contributed by atoms with Gasteiger partial charge in [-0.25, -0.2) is 4.79 Å². The van der Waals surface area contributed by atoms with Gasteiger partial charge in [-0.15, -0.1) is 0 Å². The van der Waals surface area contributed by atoms with Crippen LogP contribution in [0.4, 0.5) is 5.69 Å². The first-order valence-electron chi connectivity index (χ1n) is 6.92. The molecule has 1 atom stereocenters. The fraction of sp³-hybridized carbons (Fsp3) is 0.353. The number of hydrogen-bond acceptors (Lipinski definition) is 4. The van der Waals surface area contributed by atoms with E-state index >= 15 is 0 Å². The van der Waals surface area contributed by atoms with Gasteiger partial charge < -0.3 is 4.74 Å². The van der Waals surface area contributed by atoms with Crippen LogP contribution in [0.2, 0.25) is 0 Å². The summed E-state index contributed by atoms with van der Waals surface area (Å²) in [5.41, 5.74) is 0.883. The van der Waals surface area contributed by atoms with E-state index in [2.05, 4.69) is 18.4 Å². The standard InChI is InChI=1S/C17H19NO4/c1-12(2)5-10-16(11-13(3)4)22-17(19)14-6-8-15(9-7-14)18(20)21/h6-9,13,16H,1,11H2,2-4H3. The molecule has 0 aliphatic carbocycles. The molecule has 0 N–H and O–H groups in total. The zero-order chi connectivity index (χ0) is 16.7. The van der Waals surface area contributed by atoms with Gasteiger partial charge in [0.05, 0.1) is 10.5 Å². The Bertz CT molecular complexity index is 620. The molecule has 0 bridgehead atoms. The van der Waals surface area contributed by atoms with Crippen LogP contribution in [-0.2, 0) is 4.74 Å². The molecule has 1 rings (SSSR count). The third kappa shape index (κ3) is 5.80. The smallest absolute Gasteiger partial charge is 0.339 e. The lowest BCUT2D eigenvalue weighted by molar-refractivity contribution is -0.384. The van der Waals surface area contributed by atoms with Crippen LogP contribution >= 0.6 is 0 Å². The van der Waals surface area contributed by atoms with Gasteiger partial charge in [0.1, 0.15) is 0 Å². The number of nitrogens with zero attached hydrogens (tertiary/aromatic N) is 1. The molecule has 1 unspecified atom stereocenters. The highest BCUT2D eigenvalue weighted by Crippen LogP contribution is 2.15. The van der Waals surface area contributed by atoms with E-state index in [1.165, 1.54) is 24.3 Å². The van der Waals surface area contributed by atoms with Gasteiger partial charge in [0, 0.05) is 12.1 Å². The Hall–Kier alpha value is -2.61. The van der Waals surface area contributed by atoms with E-state index in [4.69, 9.17) is 4.74 Å². The maximum Gasteiger partial charge on any atom is 0.339 e. The predicted octanol–water partition coefficient (Wildman–Crippen LogP) is 3.75. The van der Waals surface area contributed by atoms with Crippen molar-refractivity contribution >= 4 is 11.7 Å². The number of allylic oxidation sites excluding steroid dienone is 1. The lowest BCUT2D eigenvalue weighted by atomic mass is 10.1. The van der Waals surface area contributed by atoms with Gasteiger partial charge in [0.15, 0.2) is 6.10 Å². The minimum absolute atomic E-state index is 0.0719. The molecular weight excluding hydrogens is 282 g/mol. The van der Waals surface area contributed by atoms with Gasteiger partial charge in [-0.05, 0) is 37.0 Å². The van der Waals surface area contributed by atoms with Gasteiger partial charge in [0.2, 0.25) is 0 Å². The van der Waals surface area contributed by atoms with Crippen LogP contribution in [0, 0.1) is 27.9 Å². The van der Waals surface area contributed by atoms with Crippen molar-refractivity contribution in [3.05, 3.63) is 52.1 Å². The molecule has 0 saturated heterocycles.